The van der Waals surface area contributed by atoms with Gasteiger partial charge in [-0.15, -0.1) is 0 Å². The summed E-state index contributed by atoms with van der Waals surface area (Å²) in [5.74, 6) is -1.08. The predicted molar refractivity (Wildman–Crippen MR) is 65.6 cm³/mol. The summed E-state index contributed by atoms with van der Waals surface area (Å²) in [6, 6.07) is 8.59. The minimum Gasteiger partial charge on any atom is -0.459 e. The zero-order valence-electron chi connectivity index (χ0n) is 10.6. The predicted octanol–water partition coefficient (Wildman–Crippen LogP) is 0.492. The van der Waals surface area contributed by atoms with E-state index < -0.39 is 24.5 Å². The Kier molecular flexibility index (Phi) is 3.42. The topological polar surface area (TPSA) is 82.1 Å². The highest BCUT2D eigenvalue weighted by molar-refractivity contribution is 5.89. The molecule has 2 saturated heterocycles. The Hall–Kier alpha value is -1.92. The van der Waals surface area contributed by atoms with E-state index in [-0.39, 0.29) is 24.9 Å². The molecule has 0 saturated carbocycles. The van der Waals surface area contributed by atoms with Crippen LogP contribution < -0.4 is 0 Å². The van der Waals surface area contributed by atoms with Gasteiger partial charge in [-0.05, 0) is 12.1 Å². The van der Waals surface area contributed by atoms with Crippen molar-refractivity contribution in [2.75, 3.05) is 6.61 Å². The fourth-order valence-electron chi connectivity index (χ4n) is 2.54. The molecule has 2 aliphatic heterocycles. The minimum absolute atomic E-state index is 0.0113. The van der Waals surface area contributed by atoms with Gasteiger partial charge in [-0.3, -0.25) is 4.79 Å². The van der Waals surface area contributed by atoms with Gasteiger partial charge in [0, 0.05) is 5.92 Å². The van der Waals surface area contributed by atoms with Gasteiger partial charge >= 0.3 is 11.9 Å². The smallest absolute Gasteiger partial charge is 0.338 e. The summed E-state index contributed by atoms with van der Waals surface area (Å²) < 4.78 is 15.4. The van der Waals surface area contributed by atoms with E-state index >= 15 is 0 Å². The molecule has 3 unspecified atom stereocenters. The SMILES string of the molecule is O=C1CC2C(COC(=O)c3ccccc3)OC(O)[C@@H]2O1. The van der Waals surface area contributed by atoms with Crippen LogP contribution in [-0.4, -0.2) is 42.1 Å². The van der Waals surface area contributed by atoms with Gasteiger partial charge in [0.2, 0.25) is 0 Å². The van der Waals surface area contributed by atoms with E-state index in [1.807, 2.05) is 0 Å². The molecule has 6 nitrogen and oxygen atoms in total. The summed E-state index contributed by atoms with van der Waals surface area (Å²) in [6.45, 7) is -0.0113. The van der Waals surface area contributed by atoms with Crippen molar-refractivity contribution >= 4 is 11.9 Å². The lowest BCUT2D eigenvalue weighted by Gasteiger charge is -2.14. The highest BCUT2D eigenvalue weighted by Gasteiger charge is 2.51. The molecular formula is C14H14O6. The number of rotatable bonds is 3. The first-order valence-electron chi connectivity index (χ1n) is 6.40. The molecule has 0 aromatic heterocycles. The van der Waals surface area contributed by atoms with Crippen LogP contribution in [0.15, 0.2) is 30.3 Å². The molecular weight excluding hydrogens is 264 g/mol. The van der Waals surface area contributed by atoms with E-state index in [2.05, 4.69) is 0 Å². The maximum Gasteiger partial charge on any atom is 0.338 e. The quantitative estimate of drug-likeness (QED) is 0.810. The van der Waals surface area contributed by atoms with Gasteiger partial charge in [-0.25, -0.2) is 4.79 Å². The number of esters is 2. The van der Waals surface area contributed by atoms with Gasteiger partial charge in [-0.2, -0.15) is 0 Å². The number of fused-ring (bicyclic) bond motifs is 1. The lowest BCUT2D eigenvalue weighted by atomic mass is 9.98. The Morgan fingerprint density at radius 3 is 2.85 bits per heavy atom. The molecule has 1 aromatic rings. The summed E-state index contributed by atoms with van der Waals surface area (Å²) in [5, 5.41) is 9.63. The highest BCUT2D eigenvalue weighted by Crippen LogP contribution is 2.36. The highest BCUT2D eigenvalue weighted by atomic mass is 16.7. The molecule has 3 rings (SSSR count). The number of ether oxygens (including phenoxy) is 3. The molecule has 0 aliphatic carbocycles. The Bertz CT molecular complexity index is 514. The maximum atomic E-state index is 11.8. The number of aliphatic hydroxyl groups is 1. The summed E-state index contributed by atoms with van der Waals surface area (Å²) in [7, 11) is 0. The first-order chi connectivity index (χ1) is 9.65. The standard InChI is InChI=1S/C14H14O6/c15-11-6-9-10(19-14(17)12(9)20-11)7-18-13(16)8-4-2-1-3-5-8/h1-5,9-10,12,14,17H,6-7H2/t9?,10?,12-,14?/m1/s1. The fourth-order valence-corrected chi connectivity index (χ4v) is 2.54. The van der Waals surface area contributed by atoms with E-state index in [0.717, 1.165) is 0 Å². The Labute approximate surface area is 115 Å². The summed E-state index contributed by atoms with van der Waals surface area (Å²) in [5.41, 5.74) is 0.446. The van der Waals surface area contributed by atoms with E-state index in [1.54, 1.807) is 30.3 Å². The fraction of sp³-hybridized carbons (Fsp3) is 0.429. The number of carbonyl (C=O) groups excluding carboxylic acids is 2. The third-order valence-electron chi connectivity index (χ3n) is 3.55. The molecule has 20 heavy (non-hydrogen) atoms. The number of hydrogen-bond acceptors (Lipinski definition) is 6. The molecule has 0 bridgehead atoms. The van der Waals surface area contributed by atoms with Crippen LogP contribution in [0.1, 0.15) is 16.8 Å². The van der Waals surface area contributed by atoms with Crippen LogP contribution in [0.3, 0.4) is 0 Å². The maximum absolute atomic E-state index is 11.8. The second-order valence-electron chi connectivity index (χ2n) is 4.85. The molecule has 0 amide bonds. The monoisotopic (exact) mass is 278 g/mol. The van der Waals surface area contributed by atoms with Crippen molar-refractivity contribution in [1.29, 1.82) is 0 Å². The number of benzene rings is 1. The Balaban J connectivity index is 1.59. The Morgan fingerprint density at radius 2 is 2.10 bits per heavy atom. The average molecular weight is 278 g/mol. The van der Waals surface area contributed by atoms with Crippen LogP contribution in [0.2, 0.25) is 0 Å². The van der Waals surface area contributed by atoms with Crippen molar-refractivity contribution < 1.29 is 28.9 Å². The molecule has 2 heterocycles. The van der Waals surface area contributed by atoms with Gasteiger partial charge in [0.15, 0.2) is 12.4 Å². The van der Waals surface area contributed by atoms with Gasteiger partial charge < -0.3 is 19.3 Å². The van der Waals surface area contributed by atoms with Gasteiger partial charge in [0.05, 0.1) is 12.0 Å². The number of carbonyl (C=O) groups is 2. The third kappa shape index (κ3) is 2.39. The van der Waals surface area contributed by atoms with Crippen LogP contribution in [0.4, 0.5) is 0 Å². The van der Waals surface area contributed by atoms with Gasteiger partial charge in [0.1, 0.15) is 12.7 Å². The van der Waals surface area contributed by atoms with E-state index in [4.69, 9.17) is 14.2 Å². The van der Waals surface area contributed by atoms with Crippen LogP contribution in [0.25, 0.3) is 0 Å². The van der Waals surface area contributed by atoms with Crippen molar-refractivity contribution in [2.24, 2.45) is 5.92 Å². The first-order valence-corrected chi connectivity index (χ1v) is 6.40. The van der Waals surface area contributed by atoms with Gasteiger partial charge in [-0.1, -0.05) is 18.2 Å². The molecule has 1 N–H and O–H groups in total. The molecule has 0 radical (unpaired) electrons. The molecule has 1 aromatic carbocycles. The lowest BCUT2D eigenvalue weighted by Crippen LogP contribution is -2.26. The molecule has 2 aliphatic rings. The molecule has 2 fully saturated rings. The molecule has 4 atom stereocenters. The normalized spacial score (nSPS) is 31.8. The zero-order valence-corrected chi connectivity index (χ0v) is 10.6. The first kappa shape index (κ1) is 13.1. The summed E-state index contributed by atoms with van der Waals surface area (Å²) in [4.78, 5) is 23.0. The van der Waals surface area contributed by atoms with Crippen LogP contribution in [-0.2, 0) is 19.0 Å². The lowest BCUT2D eigenvalue weighted by molar-refractivity contribution is -0.167. The van der Waals surface area contributed by atoms with Crippen molar-refractivity contribution in [2.45, 2.75) is 24.9 Å². The van der Waals surface area contributed by atoms with E-state index in [0.29, 0.717) is 5.56 Å². The number of aliphatic hydroxyl groups excluding tert-OH is 1. The van der Waals surface area contributed by atoms with Crippen molar-refractivity contribution in [3.05, 3.63) is 35.9 Å². The summed E-state index contributed by atoms with van der Waals surface area (Å²) >= 11 is 0. The molecule has 6 heteroatoms. The number of hydrogen-bond donors (Lipinski definition) is 1. The second-order valence-corrected chi connectivity index (χ2v) is 4.85. The van der Waals surface area contributed by atoms with Crippen molar-refractivity contribution in [3.8, 4) is 0 Å². The van der Waals surface area contributed by atoms with Crippen LogP contribution >= 0.6 is 0 Å². The third-order valence-corrected chi connectivity index (χ3v) is 3.55. The van der Waals surface area contributed by atoms with Crippen molar-refractivity contribution in [1.82, 2.24) is 0 Å². The molecule has 106 valence electrons. The zero-order chi connectivity index (χ0) is 14.1. The second kappa shape index (κ2) is 5.22. The van der Waals surface area contributed by atoms with Crippen molar-refractivity contribution in [3.63, 3.8) is 0 Å². The minimum atomic E-state index is -1.15. The van der Waals surface area contributed by atoms with Crippen LogP contribution in [0.5, 0.6) is 0 Å². The average Bonchev–Trinajstić information content (AvgIpc) is 2.97. The Morgan fingerprint density at radius 1 is 1.35 bits per heavy atom. The van der Waals surface area contributed by atoms with E-state index in [1.165, 1.54) is 0 Å². The summed E-state index contributed by atoms with van der Waals surface area (Å²) in [6.07, 6.45) is -2.14. The molecule has 0 spiro atoms. The van der Waals surface area contributed by atoms with Gasteiger partial charge in [0.25, 0.3) is 0 Å². The van der Waals surface area contributed by atoms with Crippen LogP contribution in [0, 0.1) is 5.92 Å². The largest absolute Gasteiger partial charge is 0.459 e. The van der Waals surface area contributed by atoms with E-state index in [9.17, 15) is 14.7 Å².